The van der Waals surface area contributed by atoms with Crippen molar-refractivity contribution in [3.05, 3.63) is 39.8 Å². The zero-order valence-electron chi connectivity index (χ0n) is 13.6. The molecule has 118 valence electrons. The highest BCUT2D eigenvalue weighted by Gasteiger charge is 2.40. The number of aryl methyl sites for hydroxylation is 2. The van der Waals surface area contributed by atoms with Crippen LogP contribution in [0.15, 0.2) is 28.1 Å². The van der Waals surface area contributed by atoms with Crippen LogP contribution in [0.25, 0.3) is 0 Å². The Labute approximate surface area is 136 Å². The van der Waals surface area contributed by atoms with Gasteiger partial charge < -0.3 is 0 Å². The molecule has 0 bridgehead atoms. The van der Waals surface area contributed by atoms with Crippen LogP contribution in [0.2, 0.25) is 5.15 Å². The first-order valence-electron chi connectivity index (χ1n) is 7.62. The number of carbonyl (C=O) groups excluding carboxylic acids is 1. The zero-order chi connectivity index (χ0) is 16.3. The molecule has 0 aromatic carbocycles. The Hall–Kier alpha value is -1.55. The predicted molar refractivity (Wildman–Crippen MR) is 88.5 cm³/mol. The molecule has 1 unspecified atom stereocenters. The van der Waals surface area contributed by atoms with Crippen molar-refractivity contribution < 1.29 is 4.79 Å². The summed E-state index contributed by atoms with van der Waals surface area (Å²) in [6.07, 6.45) is 4.42. The van der Waals surface area contributed by atoms with Crippen molar-refractivity contribution in [1.82, 2.24) is 4.98 Å². The van der Waals surface area contributed by atoms with Gasteiger partial charge in [-0.05, 0) is 44.7 Å². The fourth-order valence-corrected chi connectivity index (χ4v) is 3.05. The van der Waals surface area contributed by atoms with E-state index in [0.29, 0.717) is 17.3 Å². The van der Waals surface area contributed by atoms with Crippen molar-refractivity contribution >= 4 is 17.4 Å². The molecular formula is C17H22ClN3O. The average Bonchev–Trinajstić information content (AvgIpc) is 2.43. The largest absolute Gasteiger partial charge is 0.293 e. The van der Waals surface area contributed by atoms with E-state index in [1.165, 1.54) is 0 Å². The zero-order valence-corrected chi connectivity index (χ0v) is 14.4. The van der Waals surface area contributed by atoms with Gasteiger partial charge in [-0.2, -0.15) is 10.2 Å². The number of hydrogen-bond donors (Lipinski definition) is 0. The van der Waals surface area contributed by atoms with Crippen molar-refractivity contribution in [1.29, 1.82) is 0 Å². The number of carbonyl (C=O) groups is 1. The number of nitrogens with zero attached hydrogens (tertiary/aromatic N) is 3. The van der Waals surface area contributed by atoms with E-state index in [1.54, 1.807) is 6.07 Å². The molecule has 2 rings (SSSR count). The summed E-state index contributed by atoms with van der Waals surface area (Å²) in [5.41, 5.74) is 2.80. The van der Waals surface area contributed by atoms with Crippen LogP contribution in [0.1, 0.15) is 55.2 Å². The van der Waals surface area contributed by atoms with Gasteiger partial charge in [-0.15, -0.1) is 0 Å². The lowest BCUT2D eigenvalue weighted by molar-refractivity contribution is 0.0793. The number of Topliss-reactive ketones (excluding diaryl/α,β-unsaturated/α-hetero) is 1. The third-order valence-corrected chi connectivity index (χ3v) is 4.29. The Balaban J connectivity index is 2.24. The highest BCUT2D eigenvalue weighted by Crippen LogP contribution is 2.37. The summed E-state index contributed by atoms with van der Waals surface area (Å²) < 4.78 is 0. The minimum Gasteiger partial charge on any atom is -0.293 e. The summed E-state index contributed by atoms with van der Waals surface area (Å²) in [6.45, 7) is 8.25. The second-order valence-electron chi connectivity index (χ2n) is 6.13. The minimum atomic E-state index is -0.511. The maximum atomic E-state index is 12.9. The second-order valence-corrected chi connectivity index (χ2v) is 6.51. The van der Waals surface area contributed by atoms with E-state index < -0.39 is 5.41 Å². The summed E-state index contributed by atoms with van der Waals surface area (Å²) in [5, 5.41) is 8.87. The van der Waals surface area contributed by atoms with Crippen LogP contribution in [-0.4, -0.2) is 17.3 Å². The van der Waals surface area contributed by atoms with Gasteiger partial charge in [0.2, 0.25) is 0 Å². The van der Waals surface area contributed by atoms with Crippen LogP contribution in [0.5, 0.6) is 0 Å². The van der Waals surface area contributed by atoms with Crippen LogP contribution >= 0.6 is 11.6 Å². The fraction of sp³-hybridized carbons (Fsp3) is 0.529. The third kappa shape index (κ3) is 3.43. The van der Waals surface area contributed by atoms with Crippen molar-refractivity contribution in [2.24, 2.45) is 15.6 Å². The lowest BCUT2D eigenvalue weighted by Gasteiger charge is -2.31. The molecule has 4 nitrogen and oxygen atoms in total. The minimum absolute atomic E-state index is 0.103. The first-order chi connectivity index (χ1) is 10.4. The fourth-order valence-electron chi connectivity index (χ4n) is 2.79. The lowest BCUT2D eigenvalue weighted by Crippen LogP contribution is -2.37. The van der Waals surface area contributed by atoms with E-state index in [9.17, 15) is 4.79 Å². The molecule has 1 heterocycles. The number of pyridine rings is 1. The van der Waals surface area contributed by atoms with Gasteiger partial charge in [0.1, 0.15) is 5.15 Å². The second kappa shape index (κ2) is 6.69. The summed E-state index contributed by atoms with van der Waals surface area (Å²) >= 11 is 5.99. The standard InChI is InChI=1S/C17H22ClN3O/c1-5-6-12(3)21-19-10-17(4)8-7-13-15(16(17)22)11(2)9-14(18)20-13/h6,9H,5,7-8,10H2,1-4H3/b12-6-,21-19?. The van der Waals surface area contributed by atoms with E-state index in [2.05, 4.69) is 22.1 Å². The Kier molecular flexibility index (Phi) is 5.12. The summed E-state index contributed by atoms with van der Waals surface area (Å²) in [5.74, 6) is 0.103. The Bertz CT molecular complexity index is 652. The molecule has 0 radical (unpaired) electrons. The molecule has 1 atom stereocenters. The average molecular weight is 320 g/mol. The summed E-state index contributed by atoms with van der Waals surface area (Å²) in [6, 6.07) is 1.75. The Morgan fingerprint density at radius 2 is 2.27 bits per heavy atom. The third-order valence-electron chi connectivity index (χ3n) is 4.10. The van der Waals surface area contributed by atoms with Crippen molar-refractivity contribution in [2.45, 2.75) is 47.0 Å². The highest BCUT2D eigenvalue weighted by molar-refractivity contribution is 6.29. The number of ketones is 1. The predicted octanol–water partition coefficient (Wildman–Crippen LogP) is 4.94. The quantitative estimate of drug-likeness (QED) is 0.582. The molecule has 22 heavy (non-hydrogen) atoms. The Morgan fingerprint density at radius 3 is 2.95 bits per heavy atom. The summed E-state index contributed by atoms with van der Waals surface area (Å²) in [4.78, 5) is 17.2. The van der Waals surface area contributed by atoms with Crippen LogP contribution in [0.3, 0.4) is 0 Å². The first kappa shape index (κ1) is 16.8. The van der Waals surface area contributed by atoms with Gasteiger partial charge in [0.25, 0.3) is 0 Å². The number of hydrogen-bond acceptors (Lipinski definition) is 4. The molecule has 0 saturated carbocycles. The first-order valence-corrected chi connectivity index (χ1v) is 8.00. The van der Waals surface area contributed by atoms with E-state index in [-0.39, 0.29) is 5.78 Å². The number of allylic oxidation sites excluding steroid dienone is 2. The molecule has 1 aromatic rings. The smallest absolute Gasteiger partial charge is 0.172 e. The number of aromatic nitrogens is 1. The molecular weight excluding hydrogens is 298 g/mol. The monoisotopic (exact) mass is 319 g/mol. The van der Waals surface area contributed by atoms with Crippen LogP contribution < -0.4 is 0 Å². The number of halogens is 1. The Morgan fingerprint density at radius 1 is 1.55 bits per heavy atom. The van der Waals surface area contributed by atoms with E-state index in [4.69, 9.17) is 11.6 Å². The van der Waals surface area contributed by atoms with Gasteiger partial charge in [0.05, 0.1) is 23.4 Å². The maximum absolute atomic E-state index is 12.9. The van der Waals surface area contributed by atoms with E-state index in [0.717, 1.165) is 36.2 Å². The lowest BCUT2D eigenvalue weighted by atomic mass is 9.72. The molecule has 0 aliphatic heterocycles. The molecule has 0 N–H and O–H groups in total. The topological polar surface area (TPSA) is 54.7 Å². The van der Waals surface area contributed by atoms with Crippen LogP contribution in [-0.2, 0) is 6.42 Å². The summed E-state index contributed by atoms with van der Waals surface area (Å²) in [7, 11) is 0. The normalized spacial score (nSPS) is 22.2. The van der Waals surface area contributed by atoms with Crippen molar-refractivity contribution in [2.75, 3.05) is 6.54 Å². The van der Waals surface area contributed by atoms with Gasteiger partial charge in [0.15, 0.2) is 5.78 Å². The van der Waals surface area contributed by atoms with Gasteiger partial charge in [-0.3, -0.25) is 4.79 Å². The van der Waals surface area contributed by atoms with Crippen LogP contribution in [0, 0.1) is 12.3 Å². The number of rotatable bonds is 4. The molecule has 0 amide bonds. The molecule has 1 aromatic heterocycles. The molecule has 5 heteroatoms. The molecule has 1 aliphatic rings. The molecule has 0 saturated heterocycles. The van der Waals surface area contributed by atoms with Crippen molar-refractivity contribution in [3.8, 4) is 0 Å². The van der Waals surface area contributed by atoms with Crippen LogP contribution in [0.4, 0.5) is 0 Å². The van der Waals surface area contributed by atoms with Gasteiger partial charge >= 0.3 is 0 Å². The van der Waals surface area contributed by atoms with E-state index in [1.807, 2.05) is 26.8 Å². The van der Waals surface area contributed by atoms with E-state index >= 15 is 0 Å². The number of fused-ring (bicyclic) bond motifs is 1. The molecule has 1 aliphatic carbocycles. The maximum Gasteiger partial charge on any atom is 0.172 e. The van der Waals surface area contributed by atoms with Gasteiger partial charge in [-0.1, -0.05) is 31.5 Å². The number of azo groups is 1. The highest BCUT2D eigenvalue weighted by atomic mass is 35.5. The molecule has 0 fully saturated rings. The van der Waals surface area contributed by atoms with Crippen molar-refractivity contribution in [3.63, 3.8) is 0 Å². The SMILES string of the molecule is CC/C=C(/C)N=NCC1(C)CCc2nc(Cl)cc(C)c2C1=O. The van der Waals surface area contributed by atoms with Gasteiger partial charge in [0, 0.05) is 5.56 Å². The van der Waals surface area contributed by atoms with Gasteiger partial charge in [-0.25, -0.2) is 4.98 Å². The molecule has 0 spiro atoms.